The number of carbonyl (C=O) groups is 1. The third kappa shape index (κ3) is 1.95. The predicted molar refractivity (Wildman–Crippen MR) is 47.8 cm³/mol. The Morgan fingerprint density at radius 3 is 2.42 bits per heavy atom. The summed E-state index contributed by atoms with van der Waals surface area (Å²) in [5.41, 5.74) is 1.84. The summed E-state index contributed by atoms with van der Waals surface area (Å²) in [5.74, 6) is 0.234. The summed E-state index contributed by atoms with van der Waals surface area (Å²) >= 11 is 0. The summed E-state index contributed by atoms with van der Waals surface area (Å²) in [5, 5.41) is 8.98. The Bertz CT molecular complexity index is 296. The lowest BCUT2D eigenvalue weighted by atomic mass is 10.1. The number of phenolic OH excluding ortho intramolecular Hbond substituents is 1. The average Bonchev–Trinajstić information content (AvgIpc) is 2.06. The number of hydrogen-bond acceptors (Lipinski definition) is 2. The highest BCUT2D eigenvalue weighted by Gasteiger charge is 1.93. The van der Waals surface area contributed by atoms with Crippen molar-refractivity contribution in [2.45, 2.75) is 6.92 Å². The van der Waals surface area contributed by atoms with E-state index in [0.717, 1.165) is 17.4 Å². The molecule has 0 heterocycles. The fourth-order valence-corrected chi connectivity index (χ4v) is 0.923. The Hall–Kier alpha value is -1.57. The van der Waals surface area contributed by atoms with E-state index >= 15 is 0 Å². The Kier molecular flexibility index (Phi) is 2.64. The number of allylic oxidation sites excluding steroid dienone is 2. The highest BCUT2D eigenvalue weighted by atomic mass is 16.3. The maximum atomic E-state index is 10.1. The summed E-state index contributed by atoms with van der Waals surface area (Å²) in [6.07, 6.45) is 2.24. The highest BCUT2D eigenvalue weighted by Crippen LogP contribution is 2.16. The first-order valence-electron chi connectivity index (χ1n) is 3.65. The summed E-state index contributed by atoms with van der Waals surface area (Å²) in [6, 6.07) is 6.73. The minimum atomic E-state index is 0.234. The molecule has 0 unspecified atom stereocenters. The molecule has 0 radical (unpaired) electrons. The van der Waals surface area contributed by atoms with Crippen molar-refractivity contribution in [2.75, 3.05) is 0 Å². The van der Waals surface area contributed by atoms with Crippen LogP contribution in [0.1, 0.15) is 12.5 Å². The molecule has 1 rings (SSSR count). The minimum absolute atomic E-state index is 0.234. The second-order valence-electron chi connectivity index (χ2n) is 2.53. The molecule has 0 aliphatic carbocycles. The van der Waals surface area contributed by atoms with Gasteiger partial charge in [0.15, 0.2) is 0 Å². The van der Waals surface area contributed by atoms with Crippen LogP contribution in [-0.4, -0.2) is 11.4 Å². The zero-order valence-corrected chi connectivity index (χ0v) is 6.82. The zero-order chi connectivity index (χ0) is 8.97. The molecule has 1 N–H and O–H groups in total. The van der Waals surface area contributed by atoms with Crippen LogP contribution < -0.4 is 0 Å². The number of phenols is 1. The van der Waals surface area contributed by atoms with Gasteiger partial charge in [-0.15, -0.1) is 0 Å². The number of aldehydes is 1. The second-order valence-corrected chi connectivity index (χ2v) is 2.53. The second kappa shape index (κ2) is 3.72. The first kappa shape index (κ1) is 8.53. The maximum Gasteiger partial charge on any atom is 0.143 e. The Balaban J connectivity index is 2.97. The lowest BCUT2D eigenvalue weighted by Gasteiger charge is -1.98. The van der Waals surface area contributed by atoms with Gasteiger partial charge < -0.3 is 5.11 Å². The van der Waals surface area contributed by atoms with E-state index in [4.69, 9.17) is 5.11 Å². The highest BCUT2D eigenvalue weighted by molar-refractivity contribution is 5.80. The summed E-state index contributed by atoms with van der Waals surface area (Å²) in [7, 11) is 0. The zero-order valence-electron chi connectivity index (χ0n) is 6.82. The molecule has 1 aromatic rings. The van der Waals surface area contributed by atoms with Gasteiger partial charge in [0.1, 0.15) is 12.0 Å². The molecule has 62 valence electrons. The topological polar surface area (TPSA) is 37.3 Å². The fourth-order valence-electron chi connectivity index (χ4n) is 0.923. The SMILES string of the molecule is C/C(=C\C=O)c1ccc(O)cc1. The van der Waals surface area contributed by atoms with Gasteiger partial charge in [-0.1, -0.05) is 12.1 Å². The summed E-state index contributed by atoms with van der Waals surface area (Å²) in [4.78, 5) is 10.1. The van der Waals surface area contributed by atoms with E-state index in [1.165, 1.54) is 6.08 Å². The molecule has 0 aliphatic rings. The van der Waals surface area contributed by atoms with Crippen LogP contribution in [0.4, 0.5) is 0 Å². The average molecular weight is 162 g/mol. The third-order valence-corrected chi connectivity index (χ3v) is 1.64. The summed E-state index contributed by atoms with van der Waals surface area (Å²) in [6.45, 7) is 1.85. The van der Waals surface area contributed by atoms with Crippen molar-refractivity contribution in [1.82, 2.24) is 0 Å². The minimum Gasteiger partial charge on any atom is -0.508 e. The number of rotatable bonds is 2. The lowest BCUT2D eigenvalue weighted by Crippen LogP contribution is -1.78. The molecule has 0 atom stereocenters. The van der Waals surface area contributed by atoms with Crippen molar-refractivity contribution < 1.29 is 9.90 Å². The molecular weight excluding hydrogens is 152 g/mol. The molecule has 2 heteroatoms. The van der Waals surface area contributed by atoms with Gasteiger partial charge in [-0.3, -0.25) is 4.79 Å². The molecule has 0 saturated heterocycles. The lowest BCUT2D eigenvalue weighted by molar-refractivity contribution is -0.104. The molecule has 1 aromatic carbocycles. The monoisotopic (exact) mass is 162 g/mol. The Morgan fingerprint density at radius 2 is 1.92 bits per heavy atom. The molecule has 0 fully saturated rings. The van der Waals surface area contributed by atoms with Crippen LogP contribution in [0.5, 0.6) is 5.75 Å². The largest absolute Gasteiger partial charge is 0.508 e. The Morgan fingerprint density at radius 1 is 1.33 bits per heavy atom. The molecule has 0 spiro atoms. The van der Waals surface area contributed by atoms with Gasteiger partial charge in [-0.05, 0) is 36.3 Å². The standard InChI is InChI=1S/C10H10O2/c1-8(6-7-11)9-2-4-10(12)5-3-9/h2-7,12H,1H3/b8-6+. The van der Waals surface area contributed by atoms with Crippen LogP contribution in [0.2, 0.25) is 0 Å². The van der Waals surface area contributed by atoms with E-state index < -0.39 is 0 Å². The quantitative estimate of drug-likeness (QED) is 0.533. The molecule has 0 aliphatic heterocycles. The van der Waals surface area contributed by atoms with Crippen molar-refractivity contribution in [3.63, 3.8) is 0 Å². The van der Waals surface area contributed by atoms with E-state index in [-0.39, 0.29) is 5.75 Å². The van der Waals surface area contributed by atoms with Crippen molar-refractivity contribution >= 4 is 11.9 Å². The molecule has 0 amide bonds. The predicted octanol–water partition coefficient (Wildman–Crippen LogP) is 1.99. The number of carbonyl (C=O) groups excluding carboxylic acids is 1. The van der Waals surface area contributed by atoms with Crippen molar-refractivity contribution in [3.8, 4) is 5.75 Å². The first-order chi connectivity index (χ1) is 5.74. The van der Waals surface area contributed by atoms with Gasteiger partial charge in [-0.25, -0.2) is 0 Å². The summed E-state index contributed by atoms with van der Waals surface area (Å²) < 4.78 is 0. The fraction of sp³-hybridized carbons (Fsp3) is 0.100. The van der Waals surface area contributed by atoms with Crippen LogP contribution in [0.3, 0.4) is 0 Å². The number of aromatic hydroxyl groups is 1. The van der Waals surface area contributed by atoms with Crippen molar-refractivity contribution in [2.24, 2.45) is 0 Å². The van der Waals surface area contributed by atoms with Gasteiger partial charge >= 0.3 is 0 Å². The van der Waals surface area contributed by atoms with Crippen LogP contribution in [0.25, 0.3) is 5.57 Å². The van der Waals surface area contributed by atoms with E-state index in [1.807, 2.05) is 6.92 Å². The van der Waals surface area contributed by atoms with Gasteiger partial charge in [0, 0.05) is 0 Å². The normalized spacial score (nSPS) is 11.2. The molecule has 0 aromatic heterocycles. The van der Waals surface area contributed by atoms with E-state index in [9.17, 15) is 4.79 Å². The third-order valence-electron chi connectivity index (χ3n) is 1.64. The van der Waals surface area contributed by atoms with Crippen molar-refractivity contribution in [3.05, 3.63) is 35.9 Å². The van der Waals surface area contributed by atoms with Crippen LogP contribution in [0, 0.1) is 0 Å². The Labute approximate surface area is 71.2 Å². The van der Waals surface area contributed by atoms with E-state index in [1.54, 1.807) is 24.3 Å². The first-order valence-corrected chi connectivity index (χ1v) is 3.65. The molecule has 12 heavy (non-hydrogen) atoms. The molecule has 0 bridgehead atoms. The number of hydrogen-bond donors (Lipinski definition) is 1. The van der Waals surface area contributed by atoms with E-state index in [2.05, 4.69) is 0 Å². The van der Waals surface area contributed by atoms with Gasteiger partial charge in [0.05, 0.1) is 0 Å². The van der Waals surface area contributed by atoms with Crippen LogP contribution in [-0.2, 0) is 4.79 Å². The van der Waals surface area contributed by atoms with Gasteiger partial charge in [0.2, 0.25) is 0 Å². The van der Waals surface area contributed by atoms with E-state index in [0.29, 0.717) is 0 Å². The molecule has 0 saturated carbocycles. The molecular formula is C10H10O2. The van der Waals surface area contributed by atoms with Crippen molar-refractivity contribution in [1.29, 1.82) is 0 Å². The molecule has 2 nitrogen and oxygen atoms in total. The smallest absolute Gasteiger partial charge is 0.143 e. The van der Waals surface area contributed by atoms with Crippen LogP contribution in [0.15, 0.2) is 30.3 Å². The van der Waals surface area contributed by atoms with Gasteiger partial charge in [-0.2, -0.15) is 0 Å². The van der Waals surface area contributed by atoms with Gasteiger partial charge in [0.25, 0.3) is 0 Å². The maximum absolute atomic E-state index is 10.1. The van der Waals surface area contributed by atoms with Crippen LogP contribution >= 0.6 is 0 Å². The number of benzene rings is 1.